The van der Waals surface area contributed by atoms with Crippen molar-refractivity contribution in [2.45, 2.75) is 33.6 Å². The summed E-state index contributed by atoms with van der Waals surface area (Å²) in [4.78, 5) is 8.99. The molecule has 0 atom stereocenters. The molecule has 19 heavy (non-hydrogen) atoms. The summed E-state index contributed by atoms with van der Waals surface area (Å²) >= 11 is 6.04. The Morgan fingerprint density at radius 2 is 2.11 bits per heavy atom. The van der Waals surface area contributed by atoms with Gasteiger partial charge in [-0.2, -0.15) is 5.10 Å². The molecule has 2 heterocycles. The third-order valence-corrected chi connectivity index (χ3v) is 3.04. The summed E-state index contributed by atoms with van der Waals surface area (Å²) in [6.07, 6.45) is 3.62. The van der Waals surface area contributed by atoms with E-state index in [9.17, 15) is 0 Å². The van der Waals surface area contributed by atoms with Crippen LogP contribution in [0.1, 0.15) is 31.8 Å². The van der Waals surface area contributed by atoms with Crippen LogP contribution in [0.5, 0.6) is 0 Å². The van der Waals surface area contributed by atoms with Crippen molar-refractivity contribution < 1.29 is 0 Å². The van der Waals surface area contributed by atoms with E-state index < -0.39 is 0 Å². The van der Waals surface area contributed by atoms with Crippen LogP contribution in [-0.4, -0.2) is 26.3 Å². The van der Waals surface area contributed by atoms with Crippen molar-refractivity contribution in [1.82, 2.24) is 19.7 Å². The topological polar surface area (TPSA) is 55.6 Å². The molecule has 0 aliphatic rings. The van der Waals surface area contributed by atoms with Crippen LogP contribution >= 0.6 is 11.6 Å². The zero-order valence-corrected chi connectivity index (χ0v) is 12.2. The molecule has 5 nitrogen and oxygen atoms in total. The van der Waals surface area contributed by atoms with Crippen molar-refractivity contribution in [2.24, 2.45) is 0 Å². The van der Waals surface area contributed by atoms with E-state index in [-0.39, 0.29) is 0 Å². The van der Waals surface area contributed by atoms with Crippen molar-refractivity contribution in [2.75, 3.05) is 11.9 Å². The molecule has 0 bridgehead atoms. The predicted octanol–water partition coefficient (Wildman–Crippen LogP) is 3.01. The van der Waals surface area contributed by atoms with Crippen LogP contribution in [0.4, 0.5) is 5.82 Å². The lowest BCUT2D eigenvalue weighted by Crippen LogP contribution is -2.08. The first-order valence-electron chi connectivity index (χ1n) is 6.48. The van der Waals surface area contributed by atoms with Crippen molar-refractivity contribution >= 4 is 17.4 Å². The number of rotatable bonds is 5. The summed E-state index contributed by atoms with van der Waals surface area (Å²) in [5.41, 5.74) is 0.794. The Morgan fingerprint density at radius 3 is 2.68 bits per heavy atom. The first-order chi connectivity index (χ1) is 9.13. The molecule has 2 aromatic heterocycles. The Morgan fingerprint density at radius 1 is 1.32 bits per heavy atom. The molecule has 0 radical (unpaired) electrons. The maximum absolute atomic E-state index is 6.04. The molecule has 2 aromatic rings. The first kappa shape index (κ1) is 13.8. The molecule has 1 N–H and O–H groups in total. The molecule has 6 heteroatoms. The normalized spacial score (nSPS) is 10.7. The Labute approximate surface area is 118 Å². The van der Waals surface area contributed by atoms with Crippen LogP contribution in [0.2, 0.25) is 5.02 Å². The van der Waals surface area contributed by atoms with Crippen LogP contribution in [0.3, 0.4) is 0 Å². The Bertz CT molecular complexity index is 520. The van der Waals surface area contributed by atoms with Gasteiger partial charge in [0.1, 0.15) is 11.6 Å². The van der Waals surface area contributed by atoms with E-state index in [0.29, 0.717) is 5.02 Å². The number of nitrogens with zero attached hydrogens (tertiary/aromatic N) is 4. The quantitative estimate of drug-likeness (QED) is 0.914. The Kier molecular flexibility index (Phi) is 4.37. The number of hydrogen-bond donors (Lipinski definition) is 1. The van der Waals surface area contributed by atoms with Gasteiger partial charge in [0.2, 0.25) is 0 Å². The standard InChI is InChI=1S/C13H18ClN5/c1-4-6-11-16-12(15-5-2)7-13(17-11)19-8-10(14)9(3)18-19/h7-8H,4-6H2,1-3H3,(H,15,16,17). The minimum atomic E-state index is 0.639. The number of halogens is 1. The van der Waals surface area contributed by atoms with Crippen molar-refractivity contribution in [3.05, 3.63) is 28.8 Å². The molecular weight excluding hydrogens is 262 g/mol. The second-order valence-corrected chi connectivity index (χ2v) is 4.72. The van der Waals surface area contributed by atoms with Crippen LogP contribution in [0.15, 0.2) is 12.3 Å². The highest BCUT2D eigenvalue weighted by Gasteiger charge is 2.09. The van der Waals surface area contributed by atoms with Gasteiger partial charge in [0, 0.05) is 19.0 Å². The van der Waals surface area contributed by atoms with Gasteiger partial charge in [0.25, 0.3) is 0 Å². The smallest absolute Gasteiger partial charge is 0.159 e. The number of aryl methyl sites for hydroxylation is 2. The lowest BCUT2D eigenvalue weighted by atomic mass is 10.3. The van der Waals surface area contributed by atoms with E-state index in [2.05, 4.69) is 27.3 Å². The molecule has 0 amide bonds. The largest absolute Gasteiger partial charge is 0.370 e. The van der Waals surface area contributed by atoms with E-state index >= 15 is 0 Å². The summed E-state index contributed by atoms with van der Waals surface area (Å²) < 4.78 is 1.69. The second-order valence-electron chi connectivity index (χ2n) is 4.31. The van der Waals surface area contributed by atoms with Crippen LogP contribution in [0.25, 0.3) is 5.82 Å². The zero-order valence-electron chi connectivity index (χ0n) is 11.4. The third kappa shape index (κ3) is 3.23. The lowest BCUT2D eigenvalue weighted by molar-refractivity contribution is 0.780. The number of anilines is 1. The van der Waals surface area contributed by atoms with Gasteiger partial charge in [-0.1, -0.05) is 18.5 Å². The van der Waals surface area contributed by atoms with E-state index in [1.54, 1.807) is 10.9 Å². The summed E-state index contributed by atoms with van der Waals surface area (Å²) in [5, 5.41) is 8.20. The molecule has 0 fully saturated rings. The fourth-order valence-corrected chi connectivity index (χ4v) is 1.89. The van der Waals surface area contributed by atoms with Gasteiger partial charge in [-0.05, 0) is 20.3 Å². The molecule has 0 aliphatic heterocycles. The summed E-state index contributed by atoms with van der Waals surface area (Å²) in [6.45, 7) is 6.84. The maximum Gasteiger partial charge on any atom is 0.159 e. The zero-order chi connectivity index (χ0) is 13.8. The summed E-state index contributed by atoms with van der Waals surface area (Å²) in [5.74, 6) is 2.38. The lowest BCUT2D eigenvalue weighted by Gasteiger charge is -2.08. The first-order valence-corrected chi connectivity index (χ1v) is 6.85. The fourth-order valence-electron chi connectivity index (χ4n) is 1.76. The molecule has 0 spiro atoms. The van der Waals surface area contributed by atoms with Crippen molar-refractivity contribution in [3.8, 4) is 5.82 Å². The van der Waals surface area contributed by atoms with Gasteiger partial charge in [-0.25, -0.2) is 14.6 Å². The average molecular weight is 280 g/mol. The molecule has 2 rings (SSSR count). The van der Waals surface area contributed by atoms with E-state index in [4.69, 9.17) is 11.6 Å². The minimum Gasteiger partial charge on any atom is -0.370 e. The van der Waals surface area contributed by atoms with Crippen molar-refractivity contribution in [3.63, 3.8) is 0 Å². The van der Waals surface area contributed by atoms with E-state index in [0.717, 1.165) is 42.5 Å². The second kappa shape index (κ2) is 6.02. The van der Waals surface area contributed by atoms with Gasteiger partial charge < -0.3 is 5.32 Å². The molecule has 0 unspecified atom stereocenters. The highest BCUT2D eigenvalue weighted by atomic mass is 35.5. The molecular formula is C13H18ClN5. The van der Waals surface area contributed by atoms with Gasteiger partial charge in [-0.3, -0.25) is 0 Å². The highest BCUT2D eigenvalue weighted by Crippen LogP contribution is 2.17. The van der Waals surface area contributed by atoms with Gasteiger partial charge in [-0.15, -0.1) is 0 Å². The maximum atomic E-state index is 6.04. The van der Waals surface area contributed by atoms with Gasteiger partial charge in [0.05, 0.1) is 16.9 Å². The highest BCUT2D eigenvalue weighted by molar-refractivity contribution is 6.31. The van der Waals surface area contributed by atoms with Gasteiger partial charge >= 0.3 is 0 Å². The average Bonchev–Trinajstić information content (AvgIpc) is 2.70. The summed E-state index contributed by atoms with van der Waals surface area (Å²) in [7, 11) is 0. The molecule has 0 aliphatic carbocycles. The third-order valence-electron chi connectivity index (χ3n) is 2.66. The molecule has 0 aromatic carbocycles. The monoisotopic (exact) mass is 279 g/mol. The number of hydrogen-bond acceptors (Lipinski definition) is 4. The SMILES string of the molecule is CCCc1nc(NCC)cc(-n2cc(Cl)c(C)n2)n1. The molecule has 0 saturated heterocycles. The van der Waals surface area contributed by atoms with Gasteiger partial charge in [0.15, 0.2) is 5.82 Å². The van der Waals surface area contributed by atoms with E-state index in [1.807, 2.05) is 19.9 Å². The molecule has 102 valence electrons. The van der Waals surface area contributed by atoms with Crippen LogP contribution < -0.4 is 5.32 Å². The predicted molar refractivity (Wildman–Crippen MR) is 77.1 cm³/mol. The Hall–Kier alpha value is -1.62. The Balaban J connectivity index is 2.42. The van der Waals surface area contributed by atoms with Crippen LogP contribution in [0, 0.1) is 6.92 Å². The van der Waals surface area contributed by atoms with Crippen LogP contribution in [-0.2, 0) is 6.42 Å². The summed E-state index contributed by atoms with van der Waals surface area (Å²) in [6, 6.07) is 1.88. The minimum absolute atomic E-state index is 0.639. The van der Waals surface area contributed by atoms with Crippen molar-refractivity contribution in [1.29, 1.82) is 0 Å². The molecule has 0 saturated carbocycles. The fraction of sp³-hybridized carbons (Fsp3) is 0.462. The number of aromatic nitrogens is 4. The van der Waals surface area contributed by atoms with E-state index in [1.165, 1.54) is 0 Å². The number of nitrogens with one attached hydrogen (secondary N) is 1.